The molecule has 0 N–H and O–H groups in total. The lowest BCUT2D eigenvalue weighted by Crippen LogP contribution is -2.41. The monoisotopic (exact) mass is 333 g/mol. The first-order chi connectivity index (χ1) is 11.0. The Morgan fingerprint density at radius 2 is 1.96 bits per heavy atom. The average Bonchev–Trinajstić information content (AvgIpc) is 3.05. The molecule has 1 aliphatic heterocycles. The number of hydrogen-bond donors (Lipinski definition) is 0. The average molecular weight is 333 g/mol. The predicted molar refractivity (Wildman–Crippen MR) is 87.5 cm³/mol. The Labute approximate surface area is 135 Å². The topological polar surface area (TPSA) is 63.7 Å². The molecule has 1 fully saturated rings. The fourth-order valence-corrected chi connectivity index (χ4v) is 4.65. The van der Waals surface area contributed by atoms with E-state index in [2.05, 4.69) is 0 Å². The third kappa shape index (κ3) is 2.96. The van der Waals surface area contributed by atoms with Gasteiger partial charge in [-0.15, -0.1) is 0 Å². The van der Waals surface area contributed by atoms with Crippen molar-refractivity contribution in [2.24, 2.45) is 0 Å². The van der Waals surface area contributed by atoms with Gasteiger partial charge in [-0.25, -0.2) is 8.42 Å². The Hall–Kier alpha value is -1.92. The number of sulfonamides is 1. The van der Waals surface area contributed by atoms with Gasteiger partial charge in [0.25, 0.3) is 0 Å². The number of carbonyl (C=O) groups excluding carboxylic acids is 1. The minimum absolute atomic E-state index is 0.215. The van der Waals surface area contributed by atoms with Gasteiger partial charge in [0.15, 0.2) is 0 Å². The summed E-state index contributed by atoms with van der Waals surface area (Å²) in [6.07, 6.45) is 1.17. The molecule has 6 heteroatoms. The van der Waals surface area contributed by atoms with Crippen LogP contribution in [0, 0.1) is 0 Å². The molecule has 122 valence electrons. The maximum Gasteiger partial charge on any atom is 0.324 e. The normalized spacial score (nSPS) is 19.1. The highest BCUT2D eigenvalue weighted by atomic mass is 32.2. The highest BCUT2D eigenvalue weighted by Gasteiger charge is 2.40. The molecule has 1 aliphatic rings. The fourth-order valence-electron chi connectivity index (χ4n) is 2.97. The molecule has 0 aromatic heterocycles. The number of rotatable bonds is 4. The molecular formula is C17H19NO4S. The van der Waals surface area contributed by atoms with Crippen molar-refractivity contribution < 1.29 is 17.9 Å². The second-order valence-electron chi connectivity index (χ2n) is 5.53. The van der Waals surface area contributed by atoms with E-state index < -0.39 is 22.0 Å². The summed E-state index contributed by atoms with van der Waals surface area (Å²) in [5.41, 5.74) is 0. The van der Waals surface area contributed by atoms with Crippen molar-refractivity contribution in [3.05, 3.63) is 42.5 Å². The van der Waals surface area contributed by atoms with Crippen molar-refractivity contribution >= 4 is 26.8 Å². The molecule has 1 atom stereocenters. The number of hydrogen-bond acceptors (Lipinski definition) is 4. The van der Waals surface area contributed by atoms with Crippen LogP contribution in [-0.4, -0.2) is 37.9 Å². The van der Waals surface area contributed by atoms with Gasteiger partial charge in [-0.3, -0.25) is 4.79 Å². The molecule has 0 spiro atoms. The standard InChI is InChI=1S/C17H19NO4S/c1-2-22-17(19)16-8-5-11-18(16)23(20,21)15-10-9-13-6-3-4-7-14(13)12-15/h3-4,6-7,9-10,12,16H,2,5,8,11H2,1H3/t16-/m0/s1. The minimum Gasteiger partial charge on any atom is -0.465 e. The Morgan fingerprint density at radius 3 is 2.70 bits per heavy atom. The lowest BCUT2D eigenvalue weighted by Gasteiger charge is -2.22. The Balaban J connectivity index is 1.97. The van der Waals surface area contributed by atoms with Crippen LogP contribution in [0.1, 0.15) is 19.8 Å². The second kappa shape index (κ2) is 6.29. The number of benzene rings is 2. The van der Waals surface area contributed by atoms with E-state index in [1.165, 1.54) is 4.31 Å². The molecule has 2 aromatic carbocycles. The third-order valence-corrected chi connectivity index (χ3v) is 5.99. The predicted octanol–water partition coefficient (Wildman–Crippen LogP) is 2.56. The van der Waals surface area contributed by atoms with Crippen LogP contribution in [0.3, 0.4) is 0 Å². The zero-order valence-corrected chi connectivity index (χ0v) is 13.8. The molecule has 0 bridgehead atoms. The Morgan fingerprint density at radius 1 is 1.22 bits per heavy atom. The number of esters is 1. The van der Waals surface area contributed by atoms with Crippen molar-refractivity contribution in [3.8, 4) is 0 Å². The number of fused-ring (bicyclic) bond motifs is 1. The molecular weight excluding hydrogens is 314 g/mol. The number of carbonyl (C=O) groups is 1. The maximum atomic E-state index is 12.9. The van der Waals surface area contributed by atoms with Gasteiger partial charge in [-0.05, 0) is 42.7 Å². The smallest absolute Gasteiger partial charge is 0.324 e. The van der Waals surface area contributed by atoms with E-state index >= 15 is 0 Å². The van der Waals surface area contributed by atoms with Crippen LogP contribution < -0.4 is 0 Å². The molecule has 1 saturated heterocycles. The molecule has 0 amide bonds. The zero-order chi connectivity index (χ0) is 16.4. The summed E-state index contributed by atoms with van der Waals surface area (Å²) in [4.78, 5) is 12.2. The van der Waals surface area contributed by atoms with E-state index in [4.69, 9.17) is 4.74 Å². The van der Waals surface area contributed by atoms with Crippen molar-refractivity contribution in [1.29, 1.82) is 0 Å². The second-order valence-corrected chi connectivity index (χ2v) is 7.43. The minimum atomic E-state index is -3.71. The summed E-state index contributed by atoms with van der Waals surface area (Å²) in [6.45, 7) is 2.31. The first-order valence-corrected chi connectivity index (χ1v) is 9.15. The van der Waals surface area contributed by atoms with E-state index in [9.17, 15) is 13.2 Å². The molecule has 5 nitrogen and oxygen atoms in total. The van der Waals surface area contributed by atoms with Crippen molar-refractivity contribution in [3.63, 3.8) is 0 Å². The molecule has 0 aliphatic carbocycles. The van der Waals surface area contributed by atoms with Crippen LogP contribution >= 0.6 is 0 Å². The van der Waals surface area contributed by atoms with Gasteiger partial charge in [0.2, 0.25) is 10.0 Å². The van der Waals surface area contributed by atoms with Gasteiger partial charge >= 0.3 is 5.97 Å². The molecule has 3 rings (SSSR count). The van der Waals surface area contributed by atoms with E-state index in [0.717, 1.165) is 10.8 Å². The van der Waals surface area contributed by atoms with Crippen LogP contribution in [0.4, 0.5) is 0 Å². The lowest BCUT2D eigenvalue weighted by atomic mass is 10.1. The van der Waals surface area contributed by atoms with E-state index in [0.29, 0.717) is 19.4 Å². The fraction of sp³-hybridized carbons (Fsp3) is 0.353. The third-order valence-electron chi connectivity index (χ3n) is 4.09. The van der Waals surface area contributed by atoms with Crippen molar-refractivity contribution in [1.82, 2.24) is 4.31 Å². The van der Waals surface area contributed by atoms with E-state index in [1.807, 2.05) is 24.3 Å². The summed E-state index contributed by atoms with van der Waals surface area (Å²) >= 11 is 0. The Bertz CT molecular complexity index is 831. The summed E-state index contributed by atoms with van der Waals surface area (Å²) in [6, 6.07) is 11.9. The van der Waals surface area contributed by atoms with Crippen LogP contribution in [0.25, 0.3) is 10.8 Å². The SMILES string of the molecule is CCOC(=O)[C@@H]1CCCN1S(=O)(=O)c1ccc2ccccc2c1. The summed E-state index contributed by atoms with van der Waals surface area (Å²) in [5, 5.41) is 1.84. The van der Waals surface area contributed by atoms with Crippen LogP contribution in [0.5, 0.6) is 0 Å². The van der Waals surface area contributed by atoms with E-state index in [-0.39, 0.29) is 11.5 Å². The van der Waals surface area contributed by atoms with Crippen LogP contribution in [0.2, 0.25) is 0 Å². The number of ether oxygens (including phenoxy) is 1. The maximum absolute atomic E-state index is 12.9. The van der Waals surface area contributed by atoms with Crippen LogP contribution in [0.15, 0.2) is 47.4 Å². The van der Waals surface area contributed by atoms with Gasteiger partial charge in [0, 0.05) is 6.54 Å². The molecule has 0 saturated carbocycles. The largest absolute Gasteiger partial charge is 0.465 e. The van der Waals surface area contributed by atoms with E-state index in [1.54, 1.807) is 25.1 Å². The highest BCUT2D eigenvalue weighted by Crippen LogP contribution is 2.28. The molecule has 23 heavy (non-hydrogen) atoms. The molecule has 2 aromatic rings. The number of nitrogens with zero attached hydrogens (tertiary/aromatic N) is 1. The van der Waals surface area contributed by atoms with Gasteiger partial charge in [-0.2, -0.15) is 4.31 Å². The zero-order valence-electron chi connectivity index (χ0n) is 12.9. The van der Waals surface area contributed by atoms with Gasteiger partial charge < -0.3 is 4.74 Å². The molecule has 1 heterocycles. The molecule has 0 radical (unpaired) electrons. The van der Waals surface area contributed by atoms with Crippen LogP contribution in [-0.2, 0) is 19.6 Å². The first-order valence-electron chi connectivity index (χ1n) is 7.71. The Kier molecular flexibility index (Phi) is 4.37. The summed E-state index contributed by atoms with van der Waals surface area (Å²) in [5.74, 6) is -0.464. The van der Waals surface area contributed by atoms with Gasteiger partial charge in [0.05, 0.1) is 11.5 Å². The summed E-state index contributed by atoms with van der Waals surface area (Å²) < 4.78 is 32.1. The first kappa shape index (κ1) is 16.0. The molecule has 0 unspecified atom stereocenters. The van der Waals surface area contributed by atoms with Gasteiger partial charge in [-0.1, -0.05) is 30.3 Å². The highest BCUT2D eigenvalue weighted by molar-refractivity contribution is 7.89. The lowest BCUT2D eigenvalue weighted by molar-refractivity contribution is -0.146. The van der Waals surface area contributed by atoms with Gasteiger partial charge in [0.1, 0.15) is 6.04 Å². The quantitative estimate of drug-likeness (QED) is 0.807. The summed E-state index contributed by atoms with van der Waals surface area (Å²) in [7, 11) is -3.71. The van der Waals surface area contributed by atoms with Crippen molar-refractivity contribution in [2.75, 3.05) is 13.2 Å². The van der Waals surface area contributed by atoms with Crippen molar-refractivity contribution in [2.45, 2.75) is 30.7 Å².